The van der Waals surface area contributed by atoms with Gasteiger partial charge < -0.3 is 30.2 Å². The van der Waals surface area contributed by atoms with Gasteiger partial charge in [0.2, 0.25) is 11.8 Å². The second-order valence-electron chi connectivity index (χ2n) is 14.0. The van der Waals surface area contributed by atoms with Crippen LogP contribution in [0.5, 0.6) is 0 Å². The fraction of sp³-hybridized carbons (Fsp3) is 0.600. The van der Waals surface area contributed by atoms with Crippen LogP contribution in [0.4, 0.5) is 0 Å². The molecule has 0 aromatic heterocycles. The Morgan fingerprint density at radius 1 is 0.596 bits per heavy atom. The first kappa shape index (κ1) is 44.8. The molecule has 0 spiro atoms. The second kappa shape index (κ2) is 24.8. The topological polar surface area (TPSA) is 119 Å². The highest BCUT2D eigenvalue weighted by Crippen LogP contribution is 2.22. The Labute approximate surface area is 327 Å². The molecule has 0 bridgehead atoms. The minimum Gasteiger partial charge on any atom is -0.355 e. The molecule has 52 heavy (non-hydrogen) atoms. The number of unbranched alkanes of at least 4 members (excludes halogenated alkanes) is 7. The smallest absolute Gasteiger partial charge is 0.239 e. The van der Waals surface area contributed by atoms with E-state index in [1.54, 1.807) is 0 Å². The maximum Gasteiger partial charge on any atom is 0.239 e. The summed E-state index contributed by atoms with van der Waals surface area (Å²) in [6.07, 6.45) is 12.5. The fourth-order valence-corrected chi connectivity index (χ4v) is 7.15. The van der Waals surface area contributed by atoms with Crippen LogP contribution in [0.1, 0.15) is 89.2 Å². The summed E-state index contributed by atoms with van der Waals surface area (Å²) in [5.41, 5.74) is 2.51. The van der Waals surface area contributed by atoms with Gasteiger partial charge in [0, 0.05) is 39.3 Å². The summed E-state index contributed by atoms with van der Waals surface area (Å²) in [7, 11) is 0. The predicted molar refractivity (Wildman–Crippen MR) is 224 cm³/mol. The minimum atomic E-state index is -0.0677. The molecule has 2 aromatic carbocycles. The monoisotopic (exact) mass is 754 g/mol. The molecule has 2 saturated heterocycles. The molecule has 0 radical (unpaired) electrons. The molecule has 2 aliphatic heterocycles. The predicted octanol–water partition coefficient (Wildman–Crippen LogP) is 5.71. The van der Waals surface area contributed by atoms with Crippen LogP contribution in [0, 0.1) is 10.8 Å². The van der Waals surface area contributed by atoms with Crippen molar-refractivity contribution < 1.29 is 9.59 Å². The molecule has 2 aromatic rings. The van der Waals surface area contributed by atoms with Gasteiger partial charge in [-0.25, -0.2) is 0 Å². The lowest BCUT2D eigenvalue weighted by Gasteiger charge is -2.25. The highest BCUT2D eigenvalue weighted by atomic mass is 32.1. The number of carbonyl (C=O) groups is 2. The summed E-state index contributed by atoms with van der Waals surface area (Å²) in [4.78, 5) is 34.0. The molecule has 12 heteroatoms. The van der Waals surface area contributed by atoms with E-state index in [0.717, 1.165) is 64.5 Å². The minimum absolute atomic E-state index is 0. The Hall–Kier alpha value is -3.38. The van der Waals surface area contributed by atoms with Crippen molar-refractivity contribution >= 4 is 50.7 Å². The zero-order valence-corrected chi connectivity index (χ0v) is 33.7. The van der Waals surface area contributed by atoms with Gasteiger partial charge in [0.1, 0.15) is 0 Å². The number of rotatable bonds is 23. The summed E-state index contributed by atoms with van der Waals surface area (Å²) in [6.45, 7) is 8.93. The Morgan fingerprint density at radius 2 is 0.981 bits per heavy atom. The number of amides is 2. The van der Waals surface area contributed by atoms with Crippen LogP contribution in [-0.4, -0.2) is 108 Å². The molecule has 2 fully saturated rings. The van der Waals surface area contributed by atoms with E-state index in [1.807, 2.05) is 21.9 Å². The molecule has 0 unspecified atom stereocenters. The first-order valence-electron chi connectivity index (χ1n) is 19.2. The van der Waals surface area contributed by atoms with E-state index in [-0.39, 0.29) is 64.0 Å². The molecule has 10 nitrogen and oxygen atoms in total. The van der Waals surface area contributed by atoms with E-state index in [1.165, 1.54) is 36.8 Å². The number of carbonyl (C=O) groups excluding carboxylic acids is 2. The van der Waals surface area contributed by atoms with Crippen LogP contribution >= 0.6 is 27.0 Å². The molecular weight excluding hydrogens is 689 g/mol. The zero-order chi connectivity index (χ0) is 35.6. The van der Waals surface area contributed by atoms with Gasteiger partial charge in [0.15, 0.2) is 11.9 Å². The summed E-state index contributed by atoms with van der Waals surface area (Å²) in [5.74, 6) is 0.776. The van der Waals surface area contributed by atoms with E-state index >= 15 is 0 Å². The molecule has 4 rings (SSSR count). The van der Waals surface area contributed by atoms with Gasteiger partial charge in [-0.1, -0.05) is 113 Å². The Morgan fingerprint density at radius 3 is 1.35 bits per heavy atom. The van der Waals surface area contributed by atoms with Crippen molar-refractivity contribution in [3.8, 4) is 0 Å². The number of nitrogens with zero attached hydrogens (tertiary/aromatic N) is 4. The van der Waals surface area contributed by atoms with Gasteiger partial charge in [-0.05, 0) is 49.7 Å². The summed E-state index contributed by atoms with van der Waals surface area (Å²) < 4.78 is 0. The number of benzene rings is 2. The van der Waals surface area contributed by atoms with Crippen LogP contribution in [0.2, 0.25) is 0 Å². The van der Waals surface area contributed by atoms with Gasteiger partial charge >= 0.3 is 0 Å². The third-order valence-electron chi connectivity index (χ3n) is 9.94. The average molecular weight is 755 g/mol. The maximum atomic E-state index is 12.9. The van der Waals surface area contributed by atoms with Crippen molar-refractivity contribution in [3.05, 3.63) is 71.8 Å². The standard InChI is InChI=1S/C40H62N8O2.2H2S/c1-3-5-7-17-25-47-35(27-33-19-11-9-12-20-33)29-45(39(47)41)31-37(49)43-23-15-16-24-44-38(50)32-46-30-36(28-34-21-13-10-14-22-34)48(40(46)42)26-18-8-6-4-2;;/h9-14,19-22,35-36,41-42H,3-8,15-18,23-32H2,1-2H3,(H,43,49)(H,44,50);2*1H2/t35-,36-;;/m0../s1. The van der Waals surface area contributed by atoms with Crippen molar-refractivity contribution in [1.82, 2.24) is 30.2 Å². The van der Waals surface area contributed by atoms with Crippen LogP contribution in [-0.2, 0) is 22.4 Å². The number of hydrogen-bond donors (Lipinski definition) is 4. The summed E-state index contributed by atoms with van der Waals surface area (Å²) >= 11 is 0. The number of guanidine groups is 2. The lowest BCUT2D eigenvalue weighted by molar-refractivity contribution is -0.122. The Kier molecular flexibility index (Phi) is 21.3. The molecule has 2 amide bonds. The van der Waals surface area contributed by atoms with Crippen LogP contribution in [0.3, 0.4) is 0 Å². The highest BCUT2D eigenvalue weighted by Gasteiger charge is 2.36. The number of hydrogen-bond acceptors (Lipinski definition) is 4. The first-order chi connectivity index (χ1) is 24.4. The normalized spacial score (nSPS) is 16.9. The molecule has 290 valence electrons. The highest BCUT2D eigenvalue weighted by molar-refractivity contribution is 7.59. The molecule has 2 heterocycles. The summed E-state index contributed by atoms with van der Waals surface area (Å²) in [5, 5.41) is 23.8. The van der Waals surface area contributed by atoms with Gasteiger partial charge in [0.25, 0.3) is 0 Å². The molecule has 4 N–H and O–H groups in total. The van der Waals surface area contributed by atoms with Crippen molar-refractivity contribution in [2.24, 2.45) is 0 Å². The SMILES string of the molecule is CCCCCCN1C(=N)N(CC(=O)NCCCCNC(=O)CN2C[C@H](Cc3ccccc3)N(CCCCCC)C2=N)C[C@@H]1Cc1ccccc1.S.S. The Bertz CT molecular complexity index is 1230. The van der Waals surface area contributed by atoms with Crippen molar-refractivity contribution in [1.29, 1.82) is 10.8 Å². The van der Waals surface area contributed by atoms with E-state index in [0.29, 0.717) is 38.1 Å². The van der Waals surface area contributed by atoms with Crippen molar-refractivity contribution in [2.75, 3.05) is 52.4 Å². The summed E-state index contributed by atoms with van der Waals surface area (Å²) in [6, 6.07) is 21.2. The average Bonchev–Trinajstić information content (AvgIpc) is 3.56. The lowest BCUT2D eigenvalue weighted by atomic mass is 10.1. The quantitative estimate of drug-likeness (QED) is 0.108. The van der Waals surface area contributed by atoms with Gasteiger partial charge in [0.05, 0.1) is 25.2 Å². The van der Waals surface area contributed by atoms with E-state index in [2.05, 4.69) is 82.8 Å². The van der Waals surface area contributed by atoms with Crippen LogP contribution in [0.15, 0.2) is 60.7 Å². The molecular formula is C40H66N8O2S2. The van der Waals surface area contributed by atoms with Crippen LogP contribution < -0.4 is 10.6 Å². The fourth-order valence-electron chi connectivity index (χ4n) is 7.15. The van der Waals surface area contributed by atoms with Crippen LogP contribution in [0.25, 0.3) is 0 Å². The maximum absolute atomic E-state index is 12.9. The molecule has 0 saturated carbocycles. The van der Waals surface area contributed by atoms with Gasteiger partial charge in [-0.15, -0.1) is 0 Å². The zero-order valence-electron chi connectivity index (χ0n) is 31.7. The molecule has 0 aliphatic carbocycles. The largest absolute Gasteiger partial charge is 0.355 e. The van der Waals surface area contributed by atoms with Gasteiger partial charge in [-0.2, -0.15) is 27.0 Å². The molecule has 2 atom stereocenters. The second-order valence-corrected chi connectivity index (χ2v) is 14.0. The molecule has 2 aliphatic rings. The van der Waals surface area contributed by atoms with Crippen molar-refractivity contribution in [2.45, 2.75) is 103 Å². The van der Waals surface area contributed by atoms with Crippen molar-refractivity contribution in [3.63, 3.8) is 0 Å². The van der Waals surface area contributed by atoms with E-state index < -0.39 is 0 Å². The van der Waals surface area contributed by atoms with E-state index in [4.69, 9.17) is 10.8 Å². The Balaban J connectivity index is 0.00000468. The third kappa shape index (κ3) is 14.6. The van der Waals surface area contributed by atoms with Gasteiger partial charge in [-0.3, -0.25) is 20.4 Å². The number of nitrogens with one attached hydrogen (secondary N) is 4. The lowest BCUT2D eigenvalue weighted by Crippen LogP contribution is -2.41. The van der Waals surface area contributed by atoms with E-state index in [9.17, 15) is 9.59 Å². The third-order valence-corrected chi connectivity index (χ3v) is 9.94. The first-order valence-corrected chi connectivity index (χ1v) is 19.2.